The van der Waals surface area contributed by atoms with Crippen molar-refractivity contribution in [3.8, 4) is 0 Å². The van der Waals surface area contributed by atoms with Crippen LogP contribution in [-0.2, 0) is 23.3 Å². The number of nitrogens with two attached hydrogens (primary N) is 1. The third kappa shape index (κ3) is 1.58. The number of imidazole rings is 1. The summed E-state index contributed by atoms with van der Waals surface area (Å²) in [7, 11) is -3.57. The second kappa shape index (κ2) is 2.79. The first-order chi connectivity index (χ1) is 6.07. The van der Waals surface area contributed by atoms with Crippen molar-refractivity contribution in [2.45, 2.75) is 13.1 Å². The molecule has 2 rings (SSSR count). The molecule has 2 heterocycles. The van der Waals surface area contributed by atoms with E-state index >= 15 is 0 Å². The predicted octanol–water partition coefficient (Wildman–Crippen LogP) is -1.10. The van der Waals surface area contributed by atoms with Crippen molar-refractivity contribution in [3.05, 3.63) is 18.2 Å². The highest BCUT2D eigenvalue weighted by atomic mass is 32.2. The molecular formula is C6H10N4O2S. The van der Waals surface area contributed by atoms with E-state index in [0.717, 1.165) is 5.82 Å². The molecule has 0 radical (unpaired) electrons. The second-order valence-electron chi connectivity index (χ2n) is 2.92. The van der Waals surface area contributed by atoms with E-state index in [1.54, 1.807) is 6.20 Å². The first-order valence-corrected chi connectivity index (χ1v) is 5.35. The zero-order valence-electron chi connectivity index (χ0n) is 6.92. The summed E-state index contributed by atoms with van der Waals surface area (Å²) in [5, 5.41) is 5.00. The molecule has 0 fully saturated rings. The van der Waals surface area contributed by atoms with Gasteiger partial charge >= 0.3 is 0 Å². The van der Waals surface area contributed by atoms with Crippen LogP contribution in [0.1, 0.15) is 5.82 Å². The van der Waals surface area contributed by atoms with Gasteiger partial charge in [0.1, 0.15) is 5.82 Å². The summed E-state index contributed by atoms with van der Waals surface area (Å²) in [6.45, 7) is 1.31. The van der Waals surface area contributed by atoms with E-state index in [-0.39, 0.29) is 6.54 Å². The minimum absolute atomic E-state index is 0.270. The Labute approximate surface area is 76.2 Å². The van der Waals surface area contributed by atoms with E-state index < -0.39 is 10.2 Å². The van der Waals surface area contributed by atoms with Crippen molar-refractivity contribution in [1.82, 2.24) is 13.9 Å². The van der Waals surface area contributed by atoms with Crippen LogP contribution in [-0.4, -0.2) is 28.8 Å². The number of fused-ring (bicyclic) bond motifs is 1. The fourth-order valence-corrected chi connectivity index (χ4v) is 2.00. The molecule has 6 nitrogen and oxygen atoms in total. The normalized spacial score (nSPS) is 18.5. The van der Waals surface area contributed by atoms with Gasteiger partial charge in [-0.15, -0.1) is 0 Å². The molecule has 1 aromatic heterocycles. The Kier molecular flexibility index (Phi) is 1.86. The second-order valence-corrected chi connectivity index (χ2v) is 4.46. The van der Waals surface area contributed by atoms with Crippen LogP contribution in [0.4, 0.5) is 0 Å². The molecule has 0 saturated heterocycles. The van der Waals surface area contributed by atoms with Gasteiger partial charge in [0.2, 0.25) is 0 Å². The van der Waals surface area contributed by atoms with Gasteiger partial charge in [-0.2, -0.15) is 12.7 Å². The maximum absolute atomic E-state index is 11.0. The molecule has 13 heavy (non-hydrogen) atoms. The summed E-state index contributed by atoms with van der Waals surface area (Å²) < 4.78 is 25.1. The van der Waals surface area contributed by atoms with Crippen molar-refractivity contribution in [1.29, 1.82) is 0 Å². The maximum atomic E-state index is 11.0. The number of aromatic nitrogens is 2. The average molecular weight is 202 g/mol. The number of hydrogen-bond donors (Lipinski definition) is 1. The van der Waals surface area contributed by atoms with Gasteiger partial charge in [0.25, 0.3) is 10.2 Å². The molecule has 0 amide bonds. The molecule has 0 saturated carbocycles. The predicted molar refractivity (Wildman–Crippen MR) is 45.7 cm³/mol. The fraction of sp³-hybridized carbons (Fsp3) is 0.500. The quantitative estimate of drug-likeness (QED) is 0.627. The van der Waals surface area contributed by atoms with E-state index in [0.29, 0.717) is 13.1 Å². The summed E-state index contributed by atoms with van der Waals surface area (Å²) >= 11 is 0. The van der Waals surface area contributed by atoms with E-state index in [2.05, 4.69) is 4.98 Å². The van der Waals surface area contributed by atoms with Gasteiger partial charge in [-0.05, 0) is 0 Å². The molecular weight excluding hydrogens is 192 g/mol. The van der Waals surface area contributed by atoms with Crippen LogP contribution < -0.4 is 5.14 Å². The summed E-state index contributed by atoms with van der Waals surface area (Å²) in [5.74, 6) is 0.736. The third-order valence-corrected chi connectivity index (χ3v) is 3.10. The molecule has 0 unspecified atom stereocenters. The van der Waals surface area contributed by atoms with Crippen molar-refractivity contribution in [3.63, 3.8) is 0 Å². The Hall–Kier alpha value is -0.920. The molecule has 72 valence electrons. The number of nitrogens with zero attached hydrogens (tertiary/aromatic N) is 3. The van der Waals surface area contributed by atoms with E-state index in [4.69, 9.17) is 5.14 Å². The summed E-state index contributed by atoms with van der Waals surface area (Å²) in [5.41, 5.74) is 0. The lowest BCUT2D eigenvalue weighted by Gasteiger charge is -2.24. The first kappa shape index (κ1) is 8.67. The zero-order chi connectivity index (χ0) is 9.47. The maximum Gasteiger partial charge on any atom is 0.277 e. The van der Waals surface area contributed by atoms with Gasteiger partial charge in [-0.1, -0.05) is 0 Å². The fourth-order valence-electron chi connectivity index (χ4n) is 1.37. The largest absolute Gasteiger partial charge is 0.333 e. The molecule has 1 aromatic rings. The lowest BCUT2D eigenvalue weighted by molar-refractivity contribution is 0.336. The van der Waals surface area contributed by atoms with Gasteiger partial charge in [0.05, 0.1) is 6.54 Å². The van der Waals surface area contributed by atoms with Crippen molar-refractivity contribution in [2.75, 3.05) is 6.54 Å². The van der Waals surface area contributed by atoms with Gasteiger partial charge < -0.3 is 4.57 Å². The van der Waals surface area contributed by atoms with Crippen LogP contribution in [0.5, 0.6) is 0 Å². The molecule has 0 atom stereocenters. The van der Waals surface area contributed by atoms with Crippen LogP contribution in [0, 0.1) is 0 Å². The summed E-state index contributed by atoms with van der Waals surface area (Å²) in [6.07, 6.45) is 3.48. The van der Waals surface area contributed by atoms with Crippen LogP contribution in [0.3, 0.4) is 0 Å². The highest BCUT2D eigenvalue weighted by Crippen LogP contribution is 2.11. The Morgan fingerprint density at radius 1 is 1.46 bits per heavy atom. The highest BCUT2D eigenvalue weighted by Gasteiger charge is 2.23. The van der Waals surface area contributed by atoms with Gasteiger partial charge in [-0.3, -0.25) is 0 Å². The van der Waals surface area contributed by atoms with Crippen molar-refractivity contribution in [2.24, 2.45) is 5.14 Å². The summed E-state index contributed by atoms with van der Waals surface area (Å²) in [6, 6.07) is 0. The zero-order valence-corrected chi connectivity index (χ0v) is 7.74. The molecule has 0 aliphatic carbocycles. The van der Waals surface area contributed by atoms with Crippen molar-refractivity contribution < 1.29 is 8.42 Å². The van der Waals surface area contributed by atoms with E-state index in [1.807, 2.05) is 10.8 Å². The number of rotatable bonds is 1. The van der Waals surface area contributed by atoms with Gasteiger partial charge in [0.15, 0.2) is 0 Å². The Morgan fingerprint density at radius 2 is 2.23 bits per heavy atom. The van der Waals surface area contributed by atoms with Crippen molar-refractivity contribution >= 4 is 10.2 Å². The lowest BCUT2D eigenvalue weighted by Crippen LogP contribution is -2.41. The molecule has 2 N–H and O–H groups in total. The Balaban J connectivity index is 2.27. The summed E-state index contributed by atoms with van der Waals surface area (Å²) in [4.78, 5) is 4.02. The van der Waals surface area contributed by atoms with Crippen LogP contribution in [0.15, 0.2) is 12.4 Å². The highest BCUT2D eigenvalue weighted by molar-refractivity contribution is 7.86. The van der Waals surface area contributed by atoms with Crippen LogP contribution in [0.2, 0.25) is 0 Å². The molecule has 0 bridgehead atoms. The minimum Gasteiger partial charge on any atom is -0.333 e. The molecule has 7 heteroatoms. The van der Waals surface area contributed by atoms with Crippen LogP contribution >= 0.6 is 0 Å². The van der Waals surface area contributed by atoms with Gasteiger partial charge in [0, 0.05) is 25.5 Å². The molecule has 1 aliphatic rings. The number of hydrogen-bond acceptors (Lipinski definition) is 3. The average Bonchev–Trinajstić information content (AvgIpc) is 2.47. The lowest BCUT2D eigenvalue weighted by atomic mass is 10.4. The Bertz CT molecular complexity index is 410. The minimum atomic E-state index is -3.57. The SMILES string of the molecule is NS(=O)(=O)N1CCn2ccnc2C1. The third-order valence-electron chi connectivity index (χ3n) is 2.07. The van der Waals surface area contributed by atoms with Gasteiger partial charge in [-0.25, -0.2) is 10.1 Å². The smallest absolute Gasteiger partial charge is 0.277 e. The van der Waals surface area contributed by atoms with E-state index in [1.165, 1.54) is 4.31 Å². The van der Waals surface area contributed by atoms with Crippen LogP contribution in [0.25, 0.3) is 0 Å². The molecule has 0 spiro atoms. The standard InChI is InChI=1S/C6H10N4O2S/c7-13(11,12)10-4-3-9-2-1-8-6(9)5-10/h1-2H,3-5H2,(H2,7,11,12). The molecule has 0 aromatic carbocycles. The molecule has 1 aliphatic heterocycles. The topological polar surface area (TPSA) is 81.2 Å². The Morgan fingerprint density at radius 3 is 2.92 bits per heavy atom. The monoisotopic (exact) mass is 202 g/mol. The van der Waals surface area contributed by atoms with E-state index in [9.17, 15) is 8.42 Å². The first-order valence-electron chi connectivity index (χ1n) is 3.85.